The van der Waals surface area contributed by atoms with Crippen LogP contribution < -0.4 is 0 Å². The monoisotopic (exact) mass is 450 g/mol. The first-order chi connectivity index (χ1) is 16.3. The van der Waals surface area contributed by atoms with Gasteiger partial charge in [-0.2, -0.15) is 0 Å². The summed E-state index contributed by atoms with van der Waals surface area (Å²) in [5, 5.41) is 0. The highest BCUT2D eigenvalue weighted by molar-refractivity contribution is 6.26. The van der Waals surface area contributed by atoms with E-state index in [1.54, 1.807) is 6.08 Å². The maximum atomic E-state index is 12.7. The minimum Gasteiger partial charge on any atom is -0.294 e. The molecule has 1 unspecified atom stereocenters. The summed E-state index contributed by atoms with van der Waals surface area (Å²) in [6.07, 6.45) is 18.5. The zero-order chi connectivity index (χ0) is 24.2. The summed E-state index contributed by atoms with van der Waals surface area (Å²) in [5.41, 5.74) is 7.22. The van der Waals surface area contributed by atoms with E-state index < -0.39 is 0 Å². The molecular formula is C31H30O3. The second-order valence-electron chi connectivity index (χ2n) is 9.41. The van der Waals surface area contributed by atoms with Gasteiger partial charge in [0.15, 0.2) is 17.3 Å². The fourth-order valence-corrected chi connectivity index (χ4v) is 4.71. The molecular weight excluding hydrogens is 420 g/mol. The van der Waals surface area contributed by atoms with E-state index in [1.807, 2.05) is 62.4 Å². The van der Waals surface area contributed by atoms with Crippen molar-refractivity contribution in [1.82, 2.24) is 0 Å². The Morgan fingerprint density at radius 1 is 1.24 bits per heavy atom. The summed E-state index contributed by atoms with van der Waals surface area (Å²) < 4.78 is 0. The van der Waals surface area contributed by atoms with Gasteiger partial charge in [0.05, 0.1) is 5.57 Å². The molecule has 3 aliphatic carbocycles. The van der Waals surface area contributed by atoms with Crippen molar-refractivity contribution < 1.29 is 14.4 Å². The Hall–Kier alpha value is -3.59. The minimum absolute atomic E-state index is 0.0983. The summed E-state index contributed by atoms with van der Waals surface area (Å²) in [6, 6.07) is 6.08. The fourth-order valence-electron chi connectivity index (χ4n) is 4.71. The smallest absolute Gasteiger partial charge is 0.173 e. The van der Waals surface area contributed by atoms with Crippen LogP contribution in [0.25, 0.3) is 11.6 Å². The first kappa shape index (κ1) is 23.6. The number of allylic oxidation sites excluding steroid dienone is 12. The lowest BCUT2D eigenvalue weighted by Crippen LogP contribution is -2.23. The van der Waals surface area contributed by atoms with E-state index in [9.17, 15) is 14.4 Å². The average molecular weight is 451 g/mol. The normalized spacial score (nSPS) is 20.6. The van der Waals surface area contributed by atoms with Crippen molar-refractivity contribution in [2.24, 2.45) is 5.92 Å². The van der Waals surface area contributed by atoms with Crippen LogP contribution in [0.2, 0.25) is 0 Å². The van der Waals surface area contributed by atoms with Crippen molar-refractivity contribution in [2.45, 2.75) is 46.0 Å². The number of carbonyl (C=O) groups excluding carboxylic acids is 3. The van der Waals surface area contributed by atoms with Crippen LogP contribution >= 0.6 is 0 Å². The summed E-state index contributed by atoms with van der Waals surface area (Å²) in [6.45, 7) is 7.72. The van der Waals surface area contributed by atoms with Crippen molar-refractivity contribution in [3.63, 3.8) is 0 Å². The molecule has 0 aliphatic heterocycles. The zero-order valence-corrected chi connectivity index (χ0v) is 19.9. The average Bonchev–Trinajstić information content (AvgIpc) is 3.41. The number of fused-ring (bicyclic) bond motifs is 1. The predicted molar refractivity (Wildman–Crippen MR) is 138 cm³/mol. The Morgan fingerprint density at radius 3 is 2.79 bits per heavy atom. The standard InChI is InChI=1S/C31H30O3/c1-20(2)14-25-15-21(3)16-28(31(25)34)29(32)11-7-6-10-23-12-13-26-24(17-23)19-30(33)27(26)18-22-8-4-5-9-22/h4-6,8,10,12-13,15-18,25H,1,7,9,11,14,19H2,2-3H3/b10-6+,27-18-. The van der Waals surface area contributed by atoms with Gasteiger partial charge in [0, 0.05) is 24.3 Å². The van der Waals surface area contributed by atoms with Gasteiger partial charge in [-0.05, 0) is 67.5 Å². The van der Waals surface area contributed by atoms with Crippen LogP contribution in [0, 0.1) is 5.92 Å². The summed E-state index contributed by atoms with van der Waals surface area (Å²) in [7, 11) is 0. The highest BCUT2D eigenvalue weighted by Crippen LogP contribution is 2.32. The maximum absolute atomic E-state index is 12.7. The molecule has 172 valence electrons. The highest BCUT2D eigenvalue weighted by atomic mass is 16.2. The molecule has 0 saturated heterocycles. The van der Waals surface area contributed by atoms with E-state index in [-0.39, 0.29) is 23.3 Å². The van der Waals surface area contributed by atoms with Gasteiger partial charge in [-0.1, -0.05) is 65.8 Å². The molecule has 3 heteroatoms. The fraction of sp³-hybridized carbons (Fsp3) is 0.258. The largest absolute Gasteiger partial charge is 0.294 e. The van der Waals surface area contributed by atoms with E-state index in [1.165, 1.54) is 0 Å². The van der Waals surface area contributed by atoms with E-state index >= 15 is 0 Å². The van der Waals surface area contributed by atoms with E-state index in [2.05, 4.69) is 18.7 Å². The van der Waals surface area contributed by atoms with Gasteiger partial charge in [-0.3, -0.25) is 14.4 Å². The van der Waals surface area contributed by atoms with Crippen LogP contribution in [-0.2, 0) is 20.8 Å². The van der Waals surface area contributed by atoms with Crippen molar-refractivity contribution in [1.29, 1.82) is 0 Å². The minimum atomic E-state index is -0.286. The Balaban J connectivity index is 1.37. The number of carbonyl (C=O) groups is 3. The highest BCUT2D eigenvalue weighted by Gasteiger charge is 2.28. The third kappa shape index (κ3) is 5.31. The predicted octanol–water partition coefficient (Wildman–Crippen LogP) is 6.48. The zero-order valence-electron chi connectivity index (χ0n) is 19.9. The van der Waals surface area contributed by atoms with Crippen LogP contribution in [0.5, 0.6) is 0 Å². The molecule has 4 rings (SSSR count). The van der Waals surface area contributed by atoms with Crippen molar-refractivity contribution in [3.05, 3.63) is 106 Å². The molecule has 1 atom stereocenters. The molecule has 1 aromatic carbocycles. The Kier molecular flexibility index (Phi) is 7.02. The maximum Gasteiger partial charge on any atom is 0.173 e. The number of Topliss-reactive ketones (excluding diaryl/α,β-unsaturated/α-hetero) is 3. The third-order valence-corrected chi connectivity index (χ3v) is 6.36. The molecule has 3 aliphatic rings. The molecule has 34 heavy (non-hydrogen) atoms. The molecule has 0 spiro atoms. The Labute approximate surface area is 201 Å². The molecule has 0 fully saturated rings. The van der Waals surface area contributed by atoms with Crippen molar-refractivity contribution >= 4 is 29.0 Å². The quantitative estimate of drug-likeness (QED) is 0.259. The Morgan fingerprint density at radius 2 is 2.06 bits per heavy atom. The van der Waals surface area contributed by atoms with Crippen LogP contribution in [0.3, 0.4) is 0 Å². The Bertz CT molecular complexity index is 1260. The van der Waals surface area contributed by atoms with Crippen LogP contribution in [0.15, 0.2) is 89.6 Å². The van der Waals surface area contributed by atoms with Gasteiger partial charge in [-0.15, -0.1) is 6.58 Å². The summed E-state index contributed by atoms with van der Waals surface area (Å²) in [5.74, 6) is -0.335. The number of ketones is 3. The van der Waals surface area contributed by atoms with Gasteiger partial charge in [0.2, 0.25) is 0 Å². The number of hydrogen-bond donors (Lipinski definition) is 0. The lowest BCUT2D eigenvalue weighted by Gasteiger charge is -2.18. The van der Waals surface area contributed by atoms with Gasteiger partial charge in [0.25, 0.3) is 0 Å². The SMILES string of the molecule is C=C(C)CC1C=C(C)C=C(C(=O)CC/C=C/c2ccc3c(c2)CC(=O)/C3=C\C2=CC=CC2)C1=O. The lowest BCUT2D eigenvalue weighted by atomic mass is 9.83. The second kappa shape index (κ2) is 10.1. The van der Waals surface area contributed by atoms with Crippen molar-refractivity contribution in [2.75, 3.05) is 0 Å². The number of benzene rings is 1. The van der Waals surface area contributed by atoms with Crippen LogP contribution in [-0.4, -0.2) is 17.3 Å². The van der Waals surface area contributed by atoms with E-state index in [0.29, 0.717) is 31.3 Å². The summed E-state index contributed by atoms with van der Waals surface area (Å²) in [4.78, 5) is 38.0. The molecule has 0 saturated carbocycles. The first-order valence-corrected chi connectivity index (χ1v) is 11.8. The van der Waals surface area contributed by atoms with Gasteiger partial charge in [0.1, 0.15) is 0 Å². The first-order valence-electron chi connectivity index (χ1n) is 11.8. The number of rotatable bonds is 8. The molecule has 1 aromatic rings. The van der Waals surface area contributed by atoms with Gasteiger partial charge in [-0.25, -0.2) is 0 Å². The molecule has 0 heterocycles. The molecule has 0 bridgehead atoms. The summed E-state index contributed by atoms with van der Waals surface area (Å²) >= 11 is 0. The van der Waals surface area contributed by atoms with Crippen LogP contribution in [0.4, 0.5) is 0 Å². The van der Waals surface area contributed by atoms with Crippen molar-refractivity contribution in [3.8, 4) is 0 Å². The van der Waals surface area contributed by atoms with Gasteiger partial charge < -0.3 is 0 Å². The molecule has 0 amide bonds. The topological polar surface area (TPSA) is 51.2 Å². The van der Waals surface area contributed by atoms with Crippen LogP contribution in [0.1, 0.15) is 56.2 Å². The number of hydrogen-bond acceptors (Lipinski definition) is 3. The molecule has 0 N–H and O–H groups in total. The lowest BCUT2D eigenvalue weighted by molar-refractivity contribution is -0.123. The van der Waals surface area contributed by atoms with E-state index in [0.717, 1.165) is 45.4 Å². The van der Waals surface area contributed by atoms with Gasteiger partial charge >= 0.3 is 0 Å². The third-order valence-electron chi connectivity index (χ3n) is 6.36. The van der Waals surface area contributed by atoms with E-state index in [4.69, 9.17) is 0 Å². The molecule has 0 aromatic heterocycles. The molecule has 0 radical (unpaired) electrons. The molecule has 3 nitrogen and oxygen atoms in total. The second-order valence-corrected chi connectivity index (χ2v) is 9.41.